The van der Waals surface area contributed by atoms with Gasteiger partial charge in [-0.1, -0.05) is 31.2 Å². The first-order valence-corrected chi connectivity index (χ1v) is 8.18. The van der Waals surface area contributed by atoms with Gasteiger partial charge < -0.3 is 0 Å². The van der Waals surface area contributed by atoms with Gasteiger partial charge in [-0.2, -0.15) is 11.8 Å². The van der Waals surface area contributed by atoms with E-state index in [9.17, 15) is 4.79 Å². The van der Waals surface area contributed by atoms with E-state index in [4.69, 9.17) is 5.84 Å². The third kappa shape index (κ3) is 4.23. The Kier molecular flexibility index (Phi) is 5.88. The molecule has 0 bridgehead atoms. The van der Waals surface area contributed by atoms with E-state index in [1.807, 2.05) is 18.2 Å². The summed E-state index contributed by atoms with van der Waals surface area (Å²) in [6.45, 7) is 5.43. The van der Waals surface area contributed by atoms with Gasteiger partial charge in [0.15, 0.2) is 0 Å². The molecule has 1 fully saturated rings. The minimum Gasteiger partial charge on any atom is -0.297 e. The third-order valence-corrected chi connectivity index (χ3v) is 5.07. The van der Waals surface area contributed by atoms with Gasteiger partial charge in [-0.3, -0.25) is 15.1 Å². The lowest BCUT2D eigenvalue weighted by Crippen LogP contribution is -2.37. The van der Waals surface area contributed by atoms with Gasteiger partial charge in [-0.25, -0.2) is 5.84 Å². The molecular weight excluding hydrogens is 270 g/mol. The fraction of sp³-hybridized carbons (Fsp3) is 0.533. The quantitative estimate of drug-likeness (QED) is 0.491. The summed E-state index contributed by atoms with van der Waals surface area (Å²) < 4.78 is 0. The Balaban J connectivity index is 2.03. The second-order valence-corrected chi connectivity index (χ2v) is 6.56. The molecular formula is C15H23N3OS. The zero-order valence-electron chi connectivity index (χ0n) is 12.0. The van der Waals surface area contributed by atoms with Gasteiger partial charge in [0.1, 0.15) is 0 Å². The molecule has 1 aliphatic rings. The average Bonchev–Trinajstić information content (AvgIpc) is 2.49. The summed E-state index contributed by atoms with van der Waals surface area (Å²) in [5.41, 5.74) is 4.51. The summed E-state index contributed by atoms with van der Waals surface area (Å²) in [5.74, 6) is 6.24. The van der Waals surface area contributed by atoms with Crippen molar-refractivity contribution in [2.75, 3.05) is 18.8 Å². The Morgan fingerprint density at radius 3 is 2.90 bits per heavy atom. The van der Waals surface area contributed by atoms with Gasteiger partial charge in [0.05, 0.1) is 6.42 Å². The van der Waals surface area contributed by atoms with Crippen molar-refractivity contribution in [3.05, 3.63) is 35.4 Å². The molecule has 1 atom stereocenters. The fourth-order valence-corrected chi connectivity index (χ4v) is 3.77. The molecule has 4 nitrogen and oxygen atoms in total. The Labute approximate surface area is 125 Å². The molecule has 1 saturated heterocycles. The minimum absolute atomic E-state index is 0.141. The predicted molar refractivity (Wildman–Crippen MR) is 84.3 cm³/mol. The van der Waals surface area contributed by atoms with E-state index < -0.39 is 0 Å². The van der Waals surface area contributed by atoms with Crippen LogP contribution in [-0.4, -0.2) is 34.9 Å². The summed E-state index contributed by atoms with van der Waals surface area (Å²) in [6.07, 6.45) is 1.57. The van der Waals surface area contributed by atoms with Crippen LogP contribution in [0.4, 0.5) is 0 Å². The molecule has 0 saturated carbocycles. The average molecular weight is 293 g/mol. The van der Waals surface area contributed by atoms with Crippen LogP contribution in [0.5, 0.6) is 0 Å². The van der Waals surface area contributed by atoms with Crippen molar-refractivity contribution in [3.8, 4) is 0 Å². The number of hydrogen-bond acceptors (Lipinski definition) is 4. The molecule has 1 heterocycles. The molecule has 2 rings (SSSR count). The van der Waals surface area contributed by atoms with E-state index in [0.717, 1.165) is 30.4 Å². The van der Waals surface area contributed by atoms with Crippen LogP contribution in [0, 0.1) is 0 Å². The van der Waals surface area contributed by atoms with Crippen molar-refractivity contribution in [3.63, 3.8) is 0 Å². The molecule has 1 aromatic rings. The maximum Gasteiger partial charge on any atom is 0.238 e. The third-order valence-electron chi connectivity index (χ3n) is 3.70. The number of hydrogen-bond donors (Lipinski definition) is 2. The summed E-state index contributed by atoms with van der Waals surface area (Å²) in [6, 6.07) is 8.14. The first-order valence-electron chi connectivity index (χ1n) is 7.13. The molecule has 0 radical (unpaired) electrons. The number of thioether (sulfide) groups is 1. The first kappa shape index (κ1) is 15.4. The number of rotatable bonds is 5. The summed E-state index contributed by atoms with van der Waals surface area (Å²) in [5, 5.41) is 0.739. The van der Waals surface area contributed by atoms with Crippen molar-refractivity contribution < 1.29 is 4.79 Å². The molecule has 0 aliphatic carbocycles. The topological polar surface area (TPSA) is 58.4 Å². The van der Waals surface area contributed by atoms with E-state index in [-0.39, 0.29) is 5.91 Å². The van der Waals surface area contributed by atoms with Crippen molar-refractivity contribution in [2.45, 2.75) is 31.6 Å². The van der Waals surface area contributed by atoms with Crippen LogP contribution in [-0.2, 0) is 17.8 Å². The standard InChI is InChI=1S/C15H23N3OS/c1-2-14-11-18(7-8-20-14)10-13-6-4-3-5-12(13)9-15(19)17-16/h3-6,14H,2,7-11,16H2,1H3,(H,17,19). The Hall–Kier alpha value is -1.04. The lowest BCUT2D eigenvalue weighted by Gasteiger charge is -2.32. The normalized spacial score (nSPS) is 19.8. The van der Waals surface area contributed by atoms with E-state index in [1.54, 1.807) is 0 Å². The fourth-order valence-electron chi connectivity index (χ4n) is 2.52. The lowest BCUT2D eigenvalue weighted by molar-refractivity contribution is -0.120. The maximum atomic E-state index is 11.5. The van der Waals surface area contributed by atoms with E-state index in [2.05, 4.69) is 35.1 Å². The number of carbonyl (C=O) groups excluding carboxylic acids is 1. The van der Waals surface area contributed by atoms with Crippen molar-refractivity contribution in [1.82, 2.24) is 10.3 Å². The first-order chi connectivity index (χ1) is 9.72. The van der Waals surface area contributed by atoms with Gasteiger partial charge in [0.25, 0.3) is 0 Å². The molecule has 1 amide bonds. The molecule has 1 aliphatic heterocycles. The number of nitrogens with one attached hydrogen (secondary N) is 1. The van der Waals surface area contributed by atoms with E-state index >= 15 is 0 Å². The molecule has 0 aromatic heterocycles. The molecule has 1 unspecified atom stereocenters. The van der Waals surface area contributed by atoms with Crippen LogP contribution in [0.2, 0.25) is 0 Å². The number of nitrogens with two attached hydrogens (primary N) is 1. The molecule has 3 N–H and O–H groups in total. The Bertz CT molecular complexity index is 452. The van der Waals surface area contributed by atoms with E-state index in [0.29, 0.717) is 6.42 Å². The van der Waals surface area contributed by atoms with Crippen LogP contribution in [0.25, 0.3) is 0 Å². The molecule has 110 valence electrons. The summed E-state index contributed by atoms with van der Waals surface area (Å²) >= 11 is 2.07. The van der Waals surface area contributed by atoms with Crippen molar-refractivity contribution in [2.24, 2.45) is 5.84 Å². The highest BCUT2D eigenvalue weighted by atomic mass is 32.2. The lowest BCUT2D eigenvalue weighted by atomic mass is 10.0. The summed E-state index contributed by atoms with van der Waals surface area (Å²) in [7, 11) is 0. The van der Waals surface area contributed by atoms with Gasteiger partial charge in [-0.05, 0) is 17.5 Å². The van der Waals surface area contributed by atoms with Gasteiger partial charge in [-0.15, -0.1) is 0 Å². The molecule has 1 aromatic carbocycles. The zero-order chi connectivity index (χ0) is 14.4. The van der Waals surface area contributed by atoms with Gasteiger partial charge >= 0.3 is 0 Å². The predicted octanol–water partition coefficient (Wildman–Crippen LogP) is 1.55. The van der Waals surface area contributed by atoms with Crippen LogP contribution in [0.3, 0.4) is 0 Å². The second-order valence-electron chi connectivity index (χ2n) is 5.15. The van der Waals surface area contributed by atoms with E-state index in [1.165, 1.54) is 17.7 Å². The highest BCUT2D eigenvalue weighted by Gasteiger charge is 2.19. The minimum atomic E-state index is -0.141. The van der Waals surface area contributed by atoms with Gasteiger partial charge in [0.2, 0.25) is 5.91 Å². The number of benzene rings is 1. The number of carbonyl (C=O) groups is 1. The SMILES string of the molecule is CCC1CN(Cc2ccccc2CC(=O)NN)CCS1. The largest absolute Gasteiger partial charge is 0.297 e. The number of amides is 1. The van der Waals surface area contributed by atoms with Crippen molar-refractivity contribution in [1.29, 1.82) is 0 Å². The number of hydrazine groups is 1. The maximum absolute atomic E-state index is 11.5. The van der Waals surface area contributed by atoms with Crippen molar-refractivity contribution >= 4 is 17.7 Å². The van der Waals surface area contributed by atoms with Crippen LogP contribution >= 0.6 is 11.8 Å². The molecule has 0 spiro atoms. The monoisotopic (exact) mass is 293 g/mol. The van der Waals surface area contributed by atoms with Gasteiger partial charge in [0, 0.05) is 30.6 Å². The number of nitrogens with zero attached hydrogens (tertiary/aromatic N) is 1. The van der Waals surface area contributed by atoms with Crippen LogP contribution in [0.1, 0.15) is 24.5 Å². The zero-order valence-corrected chi connectivity index (χ0v) is 12.8. The Morgan fingerprint density at radius 1 is 1.45 bits per heavy atom. The highest BCUT2D eigenvalue weighted by molar-refractivity contribution is 8.00. The smallest absolute Gasteiger partial charge is 0.238 e. The second kappa shape index (κ2) is 7.67. The highest BCUT2D eigenvalue weighted by Crippen LogP contribution is 2.23. The Morgan fingerprint density at radius 2 is 2.20 bits per heavy atom. The molecule has 20 heavy (non-hydrogen) atoms. The molecule has 5 heteroatoms. The van der Waals surface area contributed by atoms with Crippen LogP contribution < -0.4 is 11.3 Å². The van der Waals surface area contributed by atoms with Crippen LogP contribution in [0.15, 0.2) is 24.3 Å². The summed E-state index contributed by atoms with van der Waals surface area (Å²) in [4.78, 5) is 14.0.